The lowest BCUT2D eigenvalue weighted by Crippen LogP contribution is -2.33. The molecule has 0 fully saturated rings. The van der Waals surface area contributed by atoms with E-state index in [1.807, 2.05) is 19.2 Å². The second-order valence-electron chi connectivity index (χ2n) is 7.85. The van der Waals surface area contributed by atoms with Crippen LogP contribution < -0.4 is 19.5 Å². The molecule has 184 valence electrons. The molecule has 0 radical (unpaired) electrons. The lowest BCUT2D eigenvalue weighted by atomic mass is 10.3. The van der Waals surface area contributed by atoms with Crippen molar-refractivity contribution < 1.29 is 22.6 Å². The largest absolute Gasteiger partial charge is 0.484 e. The number of methoxy groups -OCH3 is 1. The Bertz CT molecular complexity index is 1220. The number of benzene rings is 1. The highest BCUT2D eigenvalue weighted by Crippen LogP contribution is 2.30. The highest BCUT2D eigenvalue weighted by molar-refractivity contribution is 7.89. The fraction of sp³-hybridized carbons (Fsp3) is 0.455. The fourth-order valence-electron chi connectivity index (χ4n) is 3.43. The van der Waals surface area contributed by atoms with Crippen LogP contribution in [-0.4, -0.2) is 76.9 Å². The number of likely N-dealkylation sites (N-methyl/N-ethyl adjacent to an activating group) is 1. The molecule has 0 amide bonds. The molecule has 12 heteroatoms. The predicted octanol–water partition coefficient (Wildman–Crippen LogP) is 2.32. The van der Waals surface area contributed by atoms with Gasteiger partial charge in [-0.3, -0.25) is 0 Å². The van der Waals surface area contributed by atoms with Crippen molar-refractivity contribution >= 4 is 36.7 Å². The van der Waals surface area contributed by atoms with E-state index in [0.29, 0.717) is 61.7 Å². The van der Waals surface area contributed by atoms with Gasteiger partial charge in [-0.25, -0.2) is 23.1 Å². The van der Waals surface area contributed by atoms with Crippen LogP contribution in [0.25, 0.3) is 10.2 Å². The molecule has 2 N–H and O–H groups in total. The number of nitrogens with one attached hydrogen (secondary N) is 2. The van der Waals surface area contributed by atoms with Crippen molar-refractivity contribution in [2.24, 2.45) is 0 Å². The summed E-state index contributed by atoms with van der Waals surface area (Å²) >= 11 is 1.46. The van der Waals surface area contributed by atoms with Crippen molar-refractivity contribution in [3.05, 3.63) is 36.0 Å². The maximum atomic E-state index is 12.7. The first kappa shape index (κ1) is 24.6. The lowest BCUT2D eigenvalue weighted by Gasteiger charge is -2.17. The van der Waals surface area contributed by atoms with Crippen molar-refractivity contribution in [2.75, 3.05) is 58.9 Å². The monoisotopic (exact) mass is 507 g/mol. The summed E-state index contributed by atoms with van der Waals surface area (Å²) in [5.74, 6) is 1.15. The molecule has 0 spiro atoms. The van der Waals surface area contributed by atoms with Gasteiger partial charge in [0.25, 0.3) is 5.88 Å². The molecular weight excluding hydrogens is 478 g/mol. The number of hydrogen-bond donors (Lipinski definition) is 2. The van der Waals surface area contributed by atoms with E-state index >= 15 is 0 Å². The summed E-state index contributed by atoms with van der Waals surface area (Å²) in [4.78, 5) is 11.3. The molecule has 4 rings (SSSR count). The van der Waals surface area contributed by atoms with Gasteiger partial charge >= 0.3 is 0 Å². The summed E-state index contributed by atoms with van der Waals surface area (Å²) in [5.41, 5.74) is 1.42. The quantitative estimate of drug-likeness (QED) is 0.356. The number of nitrogens with zero attached hydrogens (tertiary/aromatic N) is 3. The van der Waals surface area contributed by atoms with Crippen molar-refractivity contribution in [1.29, 1.82) is 0 Å². The third-order valence-corrected chi connectivity index (χ3v) is 7.68. The van der Waals surface area contributed by atoms with Crippen LogP contribution in [0.1, 0.15) is 12.1 Å². The number of pyridine rings is 1. The van der Waals surface area contributed by atoms with Gasteiger partial charge in [-0.05, 0) is 43.8 Å². The van der Waals surface area contributed by atoms with Gasteiger partial charge in [0, 0.05) is 33.4 Å². The minimum absolute atomic E-state index is 0.201. The molecule has 0 aliphatic carbocycles. The Labute approximate surface area is 203 Å². The molecule has 1 aliphatic heterocycles. The van der Waals surface area contributed by atoms with Gasteiger partial charge in [0.2, 0.25) is 10.0 Å². The van der Waals surface area contributed by atoms with Crippen LogP contribution >= 0.6 is 11.3 Å². The first-order valence-corrected chi connectivity index (χ1v) is 13.3. The zero-order chi connectivity index (χ0) is 24.0. The molecule has 0 atom stereocenters. The molecule has 0 unspecified atom stereocenters. The third-order valence-electron chi connectivity index (χ3n) is 5.23. The Morgan fingerprint density at radius 2 is 2.00 bits per heavy atom. The summed E-state index contributed by atoms with van der Waals surface area (Å²) in [7, 11) is 0.00883. The summed E-state index contributed by atoms with van der Waals surface area (Å²) < 4.78 is 45.1. The summed E-state index contributed by atoms with van der Waals surface area (Å²) in [5, 5.41) is 3.94. The van der Waals surface area contributed by atoms with Gasteiger partial charge in [0.05, 0.1) is 27.4 Å². The Morgan fingerprint density at radius 1 is 1.15 bits per heavy atom. The molecule has 0 saturated carbocycles. The highest BCUT2D eigenvalue weighted by atomic mass is 32.2. The number of fused-ring (bicyclic) bond motifs is 2. The average molecular weight is 508 g/mol. The molecule has 34 heavy (non-hydrogen) atoms. The number of rotatable bonds is 12. The molecule has 0 saturated heterocycles. The van der Waals surface area contributed by atoms with Crippen molar-refractivity contribution in [3.63, 3.8) is 0 Å². The van der Waals surface area contributed by atoms with Gasteiger partial charge in [-0.15, -0.1) is 0 Å². The smallest absolute Gasteiger partial charge is 0.257 e. The SMILES string of the molecule is COCCCN(C)CCNS(=O)(=O)c1ccc2sc(NCc3ccc4c(n3)OCCO4)nc2c1. The van der Waals surface area contributed by atoms with E-state index in [0.717, 1.165) is 23.4 Å². The highest BCUT2D eigenvalue weighted by Gasteiger charge is 2.17. The van der Waals surface area contributed by atoms with Gasteiger partial charge in [-0.2, -0.15) is 0 Å². The molecule has 10 nitrogen and oxygen atoms in total. The first-order chi connectivity index (χ1) is 16.4. The molecule has 3 aromatic rings. The van der Waals surface area contributed by atoms with Gasteiger partial charge in [0.1, 0.15) is 13.2 Å². The van der Waals surface area contributed by atoms with Crippen LogP contribution in [0.3, 0.4) is 0 Å². The predicted molar refractivity (Wildman–Crippen MR) is 131 cm³/mol. The van der Waals surface area contributed by atoms with Crippen molar-refractivity contribution in [2.45, 2.75) is 17.9 Å². The second kappa shape index (κ2) is 11.3. The van der Waals surface area contributed by atoms with E-state index in [2.05, 4.69) is 24.9 Å². The third kappa shape index (κ3) is 6.33. The number of hydrogen-bond acceptors (Lipinski definition) is 10. The second-order valence-corrected chi connectivity index (χ2v) is 10.6. The Hall–Kier alpha value is -2.51. The maximum Gasteiger partial charge on any atom is 0.257 e. The molecule has 3 heterocycles. The normalized spacial score (nSPS) is 13.5. The number of aromatic nitrogens is 2. The summed E-state index contributed by atoms with van der Waals surface area (Å²) in [6, 6.07) is 8.71. The zero-order valence-corrected chi connectivity index (χ0v) is 20.9. The van der Waals surface area contributed by atoms with Crippen molar-refractivity contribution in [1.82, 2.24) is 19.6 Å². The van der Waals surface area contributed by atoms with Gasteiger partial charge < -0.3 is 24.4 Å². The van der Waals surface area contributed by atoms with E-state index in [4.69, 9.17) is 14.2 Å². The summed E-state index contributed by atoms with van der Waals surface area (Å²) in [6.07, 6.45) is 0.904. The standard InChI is InChI=1S/C22H29N5O5S2/c1-27(9-3-11-30-2)10-8-24-34(28,29)17-5-7-20-18(14-17)26-22(33-20)23-15-16-4-6-19-21(25-16)32-13-12-31-19/h4-7,14,24H,3,8-13,15H2,1-2H3,(H,23,26). The maximum absolute atomic E-state index is 12.7. The minimum atomic E-state index is -3.62. The average Bonchev–Trinajstić information content (AvgIpc) is 3.25. The zero-order valence-electron chi connectivity index (χ0n) is 19.2. The number of ether oxygens (including phenoxy) is 3. The lowest BCUT2D eigenvalue weighted by molar-refractivity contribution is 0.164. The number of thiazole rings is 1. The molecule has 0 bridgehead atoms. The van der Waals surface area contributed by atoms with Crippen LogP contribution in [0.2, 0.25) is 0 Å². The van der Waals surface area contributed by atoms with E-state index in [1.165, 1.54) is 11.3 Å². The van der Waals surface area contributed by atoms with Crippen LogP contribution in [-0.2, 0) is 21.3 Å². The topological polar surface area (TPSA) is 115 Å². The van der Waals surface area contributed by atoms with E-state index in [-0.39, 0.29) is 4.90 Å². The molecule has 1 aliphatic rings. The van der Waals surface area contributed by atoms with Gasteiger partial charge in [-0.1, -0.05) is 11.3 Å². The van der Waals surface area contributed by atoms with E-state index < -0.39 is 10.0 Å². The molecule has 2 aromatic heterocycles. The summed E-state index contributed by atoms with van der Waals surface area (Å²) in [6.45, 7) is 3.95. The Kier molecular flexibility index (Phi) is 8.16. The van der Waals surface area contributed by atoms with Crippen LogP contribution in [0, 0.1) is 0 Å². The first-order valence-electron chi connectivity index (χ1n) is 11.0. The Morgan fingerprint density at radius 3 is 2.85 bits per heavy atom. The molecular formula is C22H29N5O5S2. The van der Waals surface area contributed by atoms with Gasteiger partial charge in [0.15, 0.2) is 10.9 Å². The number of sulfonamides is 1. The minimum Gasteiger partial charge on any atom is -0.484 e. The molecule has 1 aromatic carbocycles. The van der Waals surface area contributed by atoms with Crippen LogP contribution in [0.4, 0.5) is 5.13 Å². The van der Waals surface area contributed by atoms with Crippen LogP contribution in [0.5, 0.6) is 11.6 Å². The fourth-order valence-corrected chi connectivity index (χ4v) is 5.31. The van der Waals surface area contributed by atoms with Crippen LogP contribution in [0.15, 0.2) is 35.2 Å². The number of anilines is 1. The van der Waals surface area contributed by atoms with E-state index in [1.54, 1.807) is 25.3 Å². The van der Waals surface area contributed by atoms with Crippen molar-refractivity contribution in [3.8, 4) is 11.6 Å². The Balaban J connectivity index is 1.35. The van der Waals surface area contributed by atoms with E-state index in [9.17, 15) is 8.42 Å².